The van der Waals surface area contributed by atoms with Crippen molar-refractivity contribution in [3.05, 3.63) is 102 Å². The molecule has 4 aromatic rings. The van der Waals surface area contributed by atoms with E-state index in [-0.39, 0.29) is 0 Å². The Kier molecular flexibility index (Phi) is 9.27. The van der Waals surface area contributed by atoms with Gasteiger partial charge in [-0.15, -0.1) is 0 Å². The van der Waals surface area contributed by atoms with Crippen LogP contribution in [0.1, 0.15) is 69.1 Å². The highest BCUT2D eigenvalue weighted by atomic mass is 15.2. The van der Waals surface area contributed by atoms with E-state index in [1.807, 2.05) is 12.4 Å². The van der Waals surface area contributed by atoms with Gasteiger partial charge in [0.25, 0.3) is 0 Å². The molecule has 1 aromatic heterocycles. The first-order chi connectivity index (χ1) is 17.7. The Bertz CT molecular complexity index is 1120. The molecule has 4 rings (SSSR count). The van der Waals surface area contributed by atoms with Crippen molar-refractivity contribution in [2.24, 2.45) is 0 Å². The number of anilines is 3. The summed E-state index contributed by atoms with van der Waals surface area (Å²) in [5.74, 6) is 0.747. The molecule has 0 aliphatic heterocycles. The van der Waals surface area contributed by atoms with Crippen molar-refractivity contribution in [2.45, 2.75) is 72.1 Å². The molecule has 0 bridgehead atoms. The van der Waals surface area contributed by atoms with E-state index >= 15 is 0 Å². The van der Waals surface area contributed by atoms with E-state index in [9.17, 15) is 0 Å². The van der Waals surface area contributed by atoms with Gasteiger partial charge in [0.15, 0.2) is 5.82 Å². The van der Waals surface area contributed by atoms with E-state index in [0.29, 0.717) is 0 Å². The highest BCUT2D eigenvalue weighted by molar-refractivity contribution is 5.76. The van der Waals surface area contributed by atoms with Gasteiger partial charge in [-0.3, -0.25) is 0 Å². The summed E-state index contributed by atoms with van der Waals surface area (Å²) in [6, 6.07) is 26.3. The molecule has 3 aromatic carbocycles. The lowest BCUT2D eigenvalue weighted by Crippen LogP contribution is -2.11. The van der Waals surface area contributed by atoms with Crippen LogP contribution < -0.4 is 4.90 Å². The Morgan fingerprint density at radius 2 is 1.03 bits per heavy atom. The minimum atomic E-state index is 0.747. The van der Waals surface area contributed by atoms with Gasteiger partial charge in [-0.2, -0.15) is 0 Å². The number of rotatable bonds is 12. The average molecular weight is 478 g/mol. The summed E-state index contributed by atoms with van der Waals surface area (Å²) in [4.78, 5) is 11.7. The molecule has 0 aliphatic rings. The van der Waals surface area contributed by atoms with Crippen LogP contribution in [0.4, 0.5) is 17.1 Å². The Balaban J connectivity index is 1.62. The first-order valence-corrected chi connectivity index (χ1v) is 13.5. The van der Waals surface area contributed by atoms with Crippen molar-refractivity contribution in [3.8, 4) is 11.4 Å². The maximum atomic E-state index is 4.73. The van der Waals surface area contributed by atoms with Crippen molar-refractivity contribution in [2.75, 3.05) is 4.90 Å². The van der Waals surface area contributed by atoms with Crippen LogP contribution in [0.5, 0.6) is 0 Å². The van der Waals surface area contributed by atoms with Crippen molar-refractivity contribution < 1.29 is 0 Å². The fourth-order valence-corrected chi connectivity index (χ4v) is 4.52. The first kappa shape index (κ1) is 25.6. The summed E-state index contributed by atoms with van der Waals surface area (Å²) in [6.07, 6.45) is 13.7. The first-order valence-electron chi connectivity index (χ1n) is 13.5. The van der Waals surface area contributed by atoms with Crippen LogP contribution in [0.2, 0.25) is 0 Å². The number of hydrogen-bond donors (Lipinski definition) is 0. The minimum Gasteiger partial charge on any atom is -0.308 e. The Morgan fingerprint density at radius 3 is 1.47 bits per heavy atom. The third kappa shape index (κ3) is 6.81. The lowest BCUT2D eigenvalue weighted by atomic mass is 10.1. The summed E-state index contributed by atoms with van der Waals surface area (Å²) in [7, 11) is 0. The lowest BCUT2D eigenvalue weighted by molar-refractivity contribution is 0.717. The molecule has 186 valence electrons. The second-order valence-corrected chi connectivity index (χ2v) is 9.71. The van der Waals surface area contributed by atoms with Gasteiger partial charge in [0.05, 0.1) is 18.1 Å². The van der Waals surface area contributed by atoms with Crippen LogP contribution in [-0.2, 0) is 12.8 Å². The molecule has 36 heavy (non-hydrogen) atoms. The fraction of sp³-hybridized carbons (Fsp3) is 0.333. The topological polar surface area (TPSA) is 29.0 Å². The molecule has 0 unspecified atom stereocenters. The summed E-state index contributed by atoms with van der Waals surface area (Å²) >= 11 is 0. The Labute approximate surface area is 217 Å². The zero-order valence-electron chi connectivity index (χ0n) is 22.1. The monoisotopic (exact) mass is 477 g/mol. The molecule has 0 spiro atoms. The SMILES string of the molecule is CCCCCc1ccc(N(c2ccc(CCCCC)cc2)c2cnc(-c3ccc(C)cc3)nc2)cc1. The van der Waals surface area contributed by atoms with Gasteiger partial charge < -0.3 is 4.90 Å². The van der Waals surface area contributed by atoms with Gasteiger partial charge in [-0.05, 0) is 68.0 Å². The summed E-state index contributed by atoms with van der Waals surface area (Å²) in [6.45, 7) is 6.60. The quantitative estimate of drug-likeness (QED) is 0.190. The second kappa shape index (κ2) is 13.0. The van der Waals surface area contributed by atoms with Crippen LogP contribution >= 0.6 is 0 Å². The molecule has 0 amide bonds. The molecular weight excluding hydrogens is 438 g/mol. The number of benzene rings is 3. The van der Waals surface area contributed by atoms with Gasteiger partial charge in [-0.1, -0.05) is 93.6 Å². The average Bonchev–Trinajstić information content (AvgIpc) is 2.92. The van der Waals surface area contributed by atoms with E-state index in [1.54, 1.807) is 0 Å². The normalized spacial score (nSPS) is 11.0. The predicted molar refractivity (Wildman–Crippen MR) is 153 cm³/mol. The standard InChI is InChI=1S/C33H39N3/c1-4-6-8-10-27-14-20-30(21-15-27)36(31-22-16-28(17-23-31)11-9-7-5-2)32-24-34-33(35-25-32)29-18-12-26(3)13-19-29/h12-25H,4-11H2,1-3H3. The maximum Gasteiger partial charge on any atom is 0.159 e. The van der Waals surface area contributed by atoms with Crippen molar-refractivity contribution in [3.63, 3.8) is 0 Å². The lowest BCUT2D eigenvalue weighted by Gasteiger charge is -2.25. The van der Waals surface area contributed by atoms with Crippen molar-refractivity contribution in [1.29, 1.82) is 0 Å². The summed E-state index contributed by atoms with van der Waals surface area (Å²) in [5, 5.41) is 0. The molecule has 0 aliphatic carbocycles. The Hall–Kier alpha value is -3.46. The number of unbranched alkanes of at least 4 members (excludes halogenated alkanes) is 4. The van der Waals surface area contributed by atoms with Gasteiger partial charge in [0, 0.05) is 16.9 Å². The third-order valence-corrected chi connectivity index (χ3v) is 6.73. The molecular formula is C33H39N3. The van der Waals surface area contributed by atoms with E-state index in [2.05, 4.69) is 98.5 Å². The molecule has 0 atom stereocenters. The second-order valence-electron chi connectivity index (χ2n) is 9.71. The van der Waals surface area contributed by atoms with Crippen LogP contribution in [0.3, 0.4) is 0 Å². The largest absolute Gasteiger partial charge is 0.308 e. The number of nitrogens with zero attached hydrogens (tertiary/aromatic N) is 3. The smallest absolute Gasteiger partial charge is 0.159 e. The number of aromatic nitrogens is 2. The van der Waals surface area contributed by atoms with E-state index in [1.165, 1.54) is 55.2 Å². The maximum absolute atomic E-state index is 4.73. The van der Waals surface area contributed by atoms with E-state index in [4.69, 9.17) is 9.97 Å². The molecule has 0 saturated carbocycles. The minimum absolute atomic E-state index is 0.747. The zero-order chi connectivity index (χ0) is 25.2. The van der Waals surface area contributed by atoms with Gasteiger partial charge in [0.2, 0.25) is 0 Å². The molecule has 3 nitrogen and oxygen atoms in total. The van der Waals surface area contributed by atoms with Crippen LogP contribution in [0.15, 0.2) is 85.2 Å². The van der Waals surface area contributed by atoms with Crippen molar-refractivity contribution in [1.82, 2.24) is 9.97 Å². The summed E-state index contributed by atoms with van der Waals surface area (Å²) in [5.41, 5.74) is 8.26. The third-order valence-electron chi connectivity index (χ3n) is 6.73. The highest BCUT2D eigenvalue weighted by Gasteiger charge is 2.14. The molecule has 0 fully saturated rings. The molecule has 0 saturated heterocycles. The fourth-order valence-electron chi connectivity index (χ4n) is 4.52. The zero-order valence-corrected chi connectivity index (χ0v) is 22.1. The molecule has 1 heterocycles. The van der Waals surface area contributed by atoms with Crippen LogP contribution in [-0.4, -0.2) is 9.97 Å². The van der Waals surface area contributed by atoms with Crippen LogP contribution in [0, 0.1) is 6.92 Å². The molecule has 0 N–H and O–H groups in total. The van der Waals surface area contributed by atoms with Gasteiger partial charge in [-0.25, -0.2) is 9.97 Å². The molecule has 0 radical (unpaired) electrons. The Morgan fingerprint density at radius 1 is 0.556 bits per heavy atom. The molecule has 3 heteroatoms. The van der Waals surface area contributed by atoms with Gasteiger partial charge >= 0.3 is 0 Å². The van der Waals surface area contributed by atoms with Gasteiger partial charge in [0.1, 0.15) is 0 Å². The van der Waals surface area contributed by atoms with E-state index < -0.39 is 0 Å². The summed E-state index contributed by atoms with van der Waals surface area (Å²) < 4.78 is 0. The van der Waals surface area contributed by atoms with Crippen molar-refractivity contribution >= 4 is 17.1 Å². The predicted octanol–water partition coefficient (Wildman–Crippen LogP) is 9.39. The highest BCUT2D eigenvalue weighted by Crippen LogP contribution is 2.34. The number of hydrogen-bond acceptors (Lipinski definition) is 3. The number of aryl methyl sites for hydroxylation is 3. The van der Waals surface area contributed by atoms with Crippen LogP contribution in [0.25, 0.3) is 11.4 Å². The van der Waals surface area contributed by atoms with E-state index in [0.717, 1.165) is 41.3 Å².